The lowest BCUT2D eigenvalue weighted by Gasteiger charge is -2.21. The SMILES string of the molecule is COC(CN(C)Cc1ccc(Cl)cc1)OC. The van der Waals surface area contributed by atoms with Crippen LogP contribution in [0.4, 0.5) is 0 Å². The molecule has 0 bridgehead atoms. The van der Waals surface area contributed by atoms with Crippen LogP contribution in [-0.2, 0) is 16.0 Å². The minimum atomic E-state index is -0.183. The lowest BCUT2D eigenvalue weighted by atomic mass is 10.2. The predicted octanol–water partition coefficient (Wildman–Crippen LogP) is 2.39. The Morgan fingerprint density at radius 3 is 2.25 bits per heavy atom. The number of hydrogen-bond donors (Lipinski definition) is 0. The van der Waals surface area contributed by atoms with Gasteiger partial charge in [0, 0.05) is 32.3 Å². The number of benzene rings is 1. The Labute approximate surface area is 102 Å². The van der Waals surface area contributed by atoms with E-state index in [4.69, 9.17) is 21.1 Å². The van der Waals surface area contributed by atoms with E-state index in [0.29, 0.717) is 0 Å². The fourth-order valence-corrected chi connectivity index (χ4v) is 1.59. The highest BCUT2D eigenvalue weighted by molar-refractivity contribution is 6.30. The van der Waals surface area contributed by atoms with Crippen LogP contribution in [0.3, 0.4) is 0 Å². The van der Waals surface area contributed by atoms with Crippen LogP contribution < -0.4 is 0 Å². The number of likely N-dealkylation sites (N-methyl/N-ethyl adjacent to an activating group) is 1. The normalized spacial score (nSPS) is 11.4. The first-order valence-electron chi connectivity index (χ1n) is 5.14. The summed E-state index contributed by atoms with van der Waals surface area (Å²) < 4.78 is 10.3. The molecule has 0 aromatic heterocycles. The Bertz CT molecular complexity index is 298. The molecule has 0 unspecified atom stereocenters. The van der Waals surface area contributed by atoms with E-state index in [2.05, 4.69) is 4.90 Å². The van der Waals surface area contributed by atoms with Gasteiger partial charge in [0.15, 0.2) is 6.29 Å². The molecule has 0 aliphatic carbocycles. The molecule has 3 nitrogen and oxygen atoms in total. The molecule has 1 aromatic carbocycles. The zero-order chi connectivity index (χ0) is 12.0. The number of hydrogen-bond acceptors (Lipinski definition) is 3. The quantitative estimate of drug-likeness (QED) is 0.717. The van der Waals surface area contributed by atoms with Crippen LogP contribution in [0.25, 0.3) is 0 Å². The van der Waals surface area contributed by atoms with Crippen molar-refractivity contribution in [2.45, 2.75) is 12.8 Å². The van der Waals surface area contributed by atoms with E-state index < -0.39 is 0 Å². The smallest absolute Gasteiger partial charge is 0.169 e. The number of rotatable bonds is 6. The maximum absolute atomic E-state index is 5.82. The van der Waals surface area contributed by atoms with E-state index in [1.165, 1.54) is 5.56 Å². The van der Waals surface area contributed by atoms with Crippen molar-refractivity contribution in [3.05, 3.63) is 34.9 Å². The third-order valence-electron chi connectivity index (χ3n) is 2.35. The summed E-state index contributed by atoms with van der Waals surface area (Å²) >= 11 is 5.82. The zero-order valence-electron chi connectivity index (χ0n) is 9.94. The van der Waals surface area contributed by atoms with Gasteiger partial charge in [-0.25, -0.2) is 0 Å². The summed E-state index contributed by atoms with van der Waals surface area (Å²) in [5, 5.41) is 0.762. The van der Waals surface area contributed by atoms with Crippen molar-refractivity contribution < 1.29 is 9.47 Å². The zero-order valence-corrected chi connectivity index (χ0v) is 10.7. The van der Waals surface area contributed by atoms with Crippen LogP contribution in [0, 0.1) is 0 Å². The van der Waals surface area contributed by atoms with Crippen LogP contribution in [0.5, 0.6) is 0 Å². The molecule has 0 amide bonds. The molecule has 0 atom stereocenters. The molecule has 0 N–H and O–H groups in total. The fraction of sp³-hybridized carbons (Fsp3) is 0.500. The van der Waals surface area contributed by atoms with Gasteiger partial charge in [-0.1, -0.05) is 23.7 Å². The first-order chi connectivity index (χ1) is 7.65. The summed E-state index contributed by atoms with van der Waals surface area (Å²) in [6, 6.07) is 7.84. The second-order valence-corrected chi connectivity index (χ2v) is 4.16. The highest BCUT2D eigenvalue weighted by atomic mass is 35.5. The molecular formula is C12H18ClNO2. The van der Waals surface area contributed by atoms with E-state index >= 15 is 0 Å². The van der Waals surface area contributed by atoms with Crippen molar-refractivity contribution in [2.24, 2.45) is 0 Å². The van der Waals surface area contributed by atoms with Gasteiger partial charge in [0.2, 0.25) is 0 Å². The van der Waals surface area contributed by atoms with Gasteiger partial charge in [-0.15, -0.1) is 0 Å². The molecule has 1 rings (SSSR count). The van der Waals surface area contributed by atoms with Crippen molar-refractivity contribution >= 4 is 11.6 Å². The van der Waals surface area contributed by atoms with Gasteiger partial charge in [-0.3, -0.25) is 4.90 Å². The standard InChI is InChI=1S/C12H18ClNO2/c1-14(9-12(15-2)16-3)8-10-4-6-11(13)7-5-10/h4-7,12H,8-9H2,1-3H3. The van der Waals surface area contributed by atoms with Gasteiger partial charge in [0.25, 0.3) is 0 Å². The average molecular weight is 244 g/mol. The van der Waals surface area contributed by atoms with Crippen LogP contribution in [0.1, 0.15) is 5.56 Å². The van der Waals surface area contributed by atoms with Crippen LogP contribution in [-0.4, -0.2) is 39.0 Å². The second-order valence-electron chi connectivity index (χ2n) is 3.72. The van der Waals surface area contributed by atoms with Gasteiger partial charge in [0.05, 0.1) is 0 Å². The summed E-state index contributed by atoms with van der Waals surface area (Å²) in [7, 11) is 5.31. The minimum absolute atomic E-state index is 0.183. The van der Waals surface area contributed by atoms with E-state index in [1.807, 2.05) is 31.3 Å². The molecule has 90 valence electrons. The average Bonchev–Trinajstić information content (AvgIpc) is 2.29. The Morgan fingerprint density at radius 1 is 1.19 bits per heavy atom. The highest BCUT2D eigenvalue weighted by Gasteiger charge is 2.09. The molecular weight excluding hydrogens is 226 g/mol. The molecule has 0 saturated carbocycles. The highest BCUT2D eigenvalue weighted by Crippen LogP contribution is 2.11. The van der Waals surface area contributed by atoms with Crippen molar-refractivity contribution in [1.82, 2.24) is 4.90 Å². The molecule has 0 aliphatic heterocycles. The Kier molecular flexibility index (Phi) is 5.77. The summed E-state index contributed by atoms with van der Waals surface area (Å²) in [5.74, 6) is 0. The van der Waals surface area contributed by atoms with Crippen molar-refractivity contribution in [2.75, 3.05) is 27.8 Å². The Hall–Kier alpha value is -0.610. The fourth-order valence-electron chi connectivity index (χ4n) is 1.47. The lowest BCUT2D eigenvalue weighted by molar-refractivity contribution is -0.114. The van der Waals surface area contributed by atoms with Crippen molar-refractivity contribution in [3.8, 4) is 0 Å². The number of ether oxygens (including phenoxy) is 2. The summed E-state index contributed by atoms with van der Waals surface area (Å²) in [6.45, 7) is 1.58. The molecule has 1 aromatic rings. The third kappa shape index (κ3) is 4.49. The number of halogens is 1. The Morgan fingerprint density at radius 2 is 1.75 bits per heavy atom. The van der Waals surface area contributed by atoms with Gasteiger partial charge < -0.3 is 9.47 Å². The minimum Gasteiger partial charge on any atom is -0.355 e. The topological polar surface area (TPSA) is 21.7 Å². The number of methoxy groups -OCH3 is 2. The molecule has 0 aliphatic rings. The molecule has 0 fully saturated rings. The van der Waals surface area contributed by atoms with Crippen LogP contribution >= 0.6 is 11.6 Å². The molecule has 0 radical (unpaired) electrons. The molecule has 0 saturated heterocycles. The first kappa shape index (κ1) is 13.5. The van der Waals surface area contributed by atoms with Crippen molar-refractivity contribution in [3.63, 3.8) is 0 Å². The summed E-state index contributed by atoms with van der Waals surface area (Å²) in [4.78, 5) is 2.14. The largest absolute Gasteiger partial charge is 0.355 e. The summed E-state index contributed by atoms with van der Waals surface area (Å²) in [6.07, 6.45) is -0.183. The van der Waals surface area contributed by atoms with Gasteiger partial charge in [0.1, 0.15) is 0 Å². The maximum atomic E-state index is 5.82. The first-order valence-corrected chi connectivity index (χ1v) is 5.52. The predicted molar refractivity (Wildman–Crippen MR) is 65.6 cm³/mol. The second kappa shape index (κ2) is 6.86. The van der Waals surface area contributed by atoms with E-state index in [9.17, 15) is 0 Å². The maximum Gasteiger partial charge on any atom is 0.169 e. The monoisotopic (exact) mass is 243 g/mol. The van der Waals surface area contributed by atoms with Crippen LogP contribution in [0.15, 0.2) is 24.3 Å². The number of nitrogens with zero attached hydrogens (tertiary/aromatic N) is 1. The van der Waals surface area contributed by atoms with E-state index in [-0.39, 0.29) is 6.29 Å². The molecule has 0 heterocycles. The third-order valence-corrected chi connectivity index (χ3v) is 2.60. The Balaban J connectivity index is 2.44. The summed E-state index contributed by atoms with van der Waals surface area (Å²) in [5.41, 5.74) is 1.22. The van der Waals surface area contributed by atoms with Crippen molar-refractivity contribution in [1.29, 1.82) is 0 Å². The molecule has 0 spiro atoms. The van der Waals surface area contributed by atoms with Crippen LogP contribution in [0.2, 0.25) is 5.02 Å². The lowest BCUT2D eigenvalue weighted by Crippen LogP contribution is -2.31. The van der Waals surface area contributed by atoms with Gasteiger partial charge in [-0.2, -0.15) is 0 Å². The van der Waals surface area contributed by atoms with Gasteiger partial charge in [-0.05, 0) is 24.7 Å². The molecule has 16 heavy (non-hydrogen) atoms. The van der Waals surface area contributed by atoms with E-state index in [1.54, 1.807) is 14.2 Å². The molecule has 4 heteroatoms. The van der Waals surface area contributed by atoms with Gasteiger partial charge >= 0.3 is 0 Å². The van der Waals surface area contributed by atoms with E-state index in [0.717, 1.165) is 18.1 Å².